The highest BCUT2D eigenvalue weighted by Crippen LogP contribution is 2.36. The summed E-state index contributed by atoms with van der Waals surface area (Å²) in [5.74, 6) is 0.669. The molecule has 0 aliphatic carbocycles. The van der Waals surface area contributed by atoms with Gasteiger partial charge in [-0.05, 0) is 18.4 Å². The summed E-state index contributed by atoms with van der Waals surface area (Å²) in [4.78, 5) is 42.4. The molecule has 0 saturated carbocycles. The second kappa shape index (κ2) is 6.29. The number of nitrogens with zero attached hydrogens (tertiary/aromatic N) is 5. The van der Waals surface area contributed by atoms with Gasteiger partial charge in [-0.25, -0.2) is 15.0 Å². The molecule has 9 nitrogen and oxygen atoms in total. The number of hydrogen-bond donors (Lipinski definition) is 2. The average Bonchev–Trinajstić information content (AvgIpc) is 3.23. The molecule has 28 heavy (non-hydrogen) atoms. The van der Waals surface area contributed by atoms with Crippen LogP contribution in [0.2, 0.25) is 0 Å². The predicted octanol–water partition coefficient (Wildman–Crippen LogP) is 0.870. The molecule has 0 radical (unpaired) electrons. The zero-order chi connectivity index (χ0) is 19.3. The van der Waals surface area contributed by atoms with E-state index in [-0.39, 0.29) is 23.3 Å². The number of pyridine rings is 1. The first kappa shape index (κ1) is 16.7. The molecule has 2 aliphatic heterocycles. The molecule has 3 aromatic rings. The first-order chi connectivity index (χ1) is 13.6. The van der Waals surface area contributed by atoms with Crippen molar-refractivity contribution >= 4 is 11.7 Å². The standard InChI is InChI=1S/C19H19N7O2/c20-17-4-14(23-10-24-17)12-2-16-13-1-11(7-26(16)18(27)3-12)6-25(8-13)19(28)15-5-21-9-22-15/h2-5,9-11,13H,1,6-8H2,(H,21,22)(H2,20,23,24)/t11-,13+/m0/s1. The second-order valence-electron chi connectivity index (χ2n) is 7.42. The number of anilines is 1. The van der Waals surface area contributed by atoms with E-state index in [2.05, 4.69) is 19.9 Å². The van der Waals surface area contributed by atoms with Crippen LogP contribution in [-0.4, -0.2) is 48.4 Å². The number of carbonyl (C=O) groups excluding carboxylic acids is 1. The summed E-state index contributed by atoms with van der Waals surface area (Å²) >= 11 is 0. The van der Waals surface area contributed by atoms with Crippen molar-refractivity contribution in [3.63, 3.8) is 0 Å². The minimum absolute atomic E-state index is 0.0484. The van der Waals surface area contributed by atoms with Crippen LogP contribution in [0, 0.1) is 5.92 Å². The third-order valence-electron chi connectivity index (χ3n) is 5.56. The summed E-state index contributed by atoms with van der Waals surface area (Å²) in [6.45, 7) is 1.83. The monoisotopic (exact) mass is 377 g/mol. The Morgan fingerprint density at radius 1 is 1.18 bits per heavy atom. The van der Waals surface area contributed by atoms with Gasteiger partial charge in [0.15, 0.2) is 0 Å². The van der Waals surface area contributed by atoms with Crippen LogP contribution >= 0.6 is 0 Å². The number of amides is 1. The quantitative estimate of drug-likeness (QED) is 0.683. The maximum absolute atomic E-state index is 12.8. The first-order valence-electron chi connectivity index (χ1n) is 9.19. The van der Waals surface area contributed by atoms with Gasteiger partial charge >= 0.3 is 0 Å². The fourth-order valence-electron chi connectivity index (χ4n) is 4.35. The number of aromatic nitrogens is 5. The molecule has 2 aliphatic rings. The predicted molar refractivity (Wildman–Crippen MR) is 101 cm³/mol. The van der Waals surface area contributed by atoms with Gasteiger partial charge in [0, 0.05) is 48.9 Å². The molecule has 142 valence electrons. The van der Waals surface area contributed by atoms with E-state index in [4.69, 9.17) is 5.73 Å². The van der Waals surface area contributed by atoms with Crippen LogP contribution in [-0.2, 0) is 6.54 Å². The van der Waals surface area contributed by atoms with Crippen LogP contribution in [0.4, 0.5) is 5.82 Å². The van der Waals surface area contributed by atoms with Crippen molar-refractivity contribution in [2.45, 2.75) is 18.9 Å². The number of nitrogen functional groups attached to an aromatic ring is 1. The zero-order valence-electron chi connectivity index (χ0n) is 15.1. The average molecular weight is 377 g/mol. The van der Waals surface area contributed by atoms with E-state index in [0.717, 1.165) is 17.7 Å². The zero-order valence-corrected chi connectivity index (χ0v) is 15.1. The van der Waals surface area contributed by atoms with Gasteiger partial charge in [0.2, 0.25) is 0 Å². The van der Waals surface area contributed by atoms with E-state index in [1.54, 1.807) is 18.3 Å². The number of nitrogens with two attached hydrogens (primary N) is 1. The number of fused-ring (bicyclic) bond motifs is 4. The van der Waals surface area contributed by atoms with Crippen molar-refractivity contribution < 1.29 is 4.79 Å². The van der Waals surface area contributed by atoms with Crippen molar-refractivity contribution in [3.8, 4) is 11.3 Å². The van der Waals surface area contributed by atoms with Gasteiger partial charge in [-0.2, -0.15) is 0 Å². The number of H-pyrrole nitrogens is 1. The van der Waals surface area contributed by atoms with Gasteiger partial charge in [-0.3, -0.25) is 9.59 Å². The Morgan fingerprint density at radius 2 is 2.07 bits per heavy atom. The lowest BCUT2D eigenvalue weighted by Crippen LogP contribution is -2.49. The van der Waals surface area contributed by atoms with Gasteiger partial charge in [-0.1, -0.05) is 0 Å². The Kier molecular flexibility index (Phi) is 3.75. The SMILES string of the molecule is Nc1cc(-c2cc3n(c(=O)c2)C[C@H]2C[C@@H]3CN(C(=O)c3cnc[nH]3)C2)ncn1. The number of hydrogen-bond acceptors (Lipinski definition) is 6. The number of imidazole rings is 1. The summed E-state index contributed by atoms with van der Waals surface area (Å²) in [5, 5.41) is 0. The summed E-state index contributed by atoms with van der Waals surface area (Å²) in [6, 6.07) is 5.25. The molecule has 5 rings (SSSR count). The van der Waals surface area contributed by atoms with Crippen molar-refractivity contribution in [1.29, 1.82) is 0 Å². The van der Waals surface area contributed by atoms with E-state index in [1.807, 2.05) is 15.5 Å². The third kappa shape index (κ3) is 2.75. The van der Waals surface area contributed by atoms with Gasteiger partial charge in [0.05, 0.1) is 18.2 Å². The molecule has 1 amide bonds. The maximum Gasteiger partial charge on any atom is 0.271 e. The summed E-state index contributed by atoms with van der Waals surface area (Å²) in [6.07, 6.45) is 5.40. The highest BCUT2D eigenvalue weighted by molar-refractivity contribution is 5.92. The lowest BCUT2D eigenvalue weighted by molar-refractivity contribution is 0.0589. The van der Waals surface area contributed by atoms with Crippen molar-refractivity contribution in [2.75, 3.05) is 18.8 Å². The number of rotatable bonds is 2. The molecule has 1 fully saturated rings. The van der Waals surface area contributed by atoms with E-state index < -0.39 is 0 Å². The van der Waals surface area contributed by atoms with Gasteiger partial charge in [-0.15, -0.1) is 0 Å². The van der Waals surface area contributed by atoms with Gasteiger partial charge < -0.3 is 20.2 Å². The van der Waals surface area contributed by atoms with Crippen molar-refractivity contribution in [3.05, 3.63) is 58.8 Å². The van der Waals surface area contributed by atoms with Gasteiger partial charge in [0.25, 0.3) is 11.5 Å². The summed E-state index contributed by atoms with van der Waals surface area (Å²) < 4.78 is 1.84. The number of aromatic amines is 1. The Bertz CT molecular complexity index is 1110. The van der Waals surface area contributed by atoms with Crippen LogP contribution in [0.3, 0.4) is 0 Å². The summed E-state index contributed by atoms with van der Waals surface area (Å²) in [5.41, 5.74) is 8.49. The molecular formula is C19H19N7O2. The minimum Gasteiger partial charge on any atom is -0.384 e. The van der Waals surface area contributed by atoms with Crippen LogP contribution in [0.5, 0.6) is 0 Å². The largest absolute Gasteiger partial charge is 0.384 e. The van der Waals surface area contributed by atoms with Crippen LogP contribution in [0.15, 0.2) is 41.8 Å². The molecule has 5 heterocycles. The van der Waals surface area contributed by atoms with E-state index in [0.29, 0.717) is 36.8 Å². The van der Waals surface area contributed by atoms with E-state index in [9.17, 15) is 9.59 Å². The smallest absolute Gasteiger partial charge is 0.271 e. The highest BCUT2D eigenvalue weighted by Gasteiger charge is 2.37. The van der Waals surface area contributed by atoms with Crippen LogP contribution in [0.25, 0.3) is 11.3 Å². The Balaban J connectivity index is 1.51. The lowest BCUT2D eigenvalue weighted by Gasteiger charge is -2.42. The molecule has 0 unspecified atom stereocenters. The number of nitrogens with one attached hydrogen (secondary N) is 1. The molecule has 1 saturated heterocycles. The fraction of sp³-hybridized carbons (Fsp3) is 0.316. The fourth-order valence-corrected chi connectivity index (χ4v) is 4.35. The topological polar surface area (TPSA) is 123 Å². The van der Waals surface area contributed by atoms with Crippen molar-refractivity contribution in [2.24, 2.45) is 5.92 Å². The van der Waals surface area contributed by atoms with Crippen molar-refractivity contribution in [1.82, 2.24) is 29.4 Å². The van der Waals surface area contributed by atoms with E-state index >= 15 is 0 Å². The van der Waals surface area contributed by atoms with Crippen LogP contribution < -0.4 is 11.3 Å². The third-order valence-corrected chi connectivity index (χ3v) is 5.56. The molecule has 0 spiro atoms. The summed E-state index contributed by atoms with van der Waals surface area (Å²) in [7, 11) is 0. The molecule has 9 heteroatoms. The molecule has 0 aromatic carbocycles. The van der Waals surface area contributed by atoms with Gasteiger partial charge in [0.1, 0.15) is 17.8 Å². The number of piperidine rings is 1. The molecule has 2 atom stereocenters. The van der Waals surface area contributed by atoms with Crippen LogP contribution in [0.1, 0.15) is 28.5 Å². The Hall–Kier alpha value is -3.49. The second-order valence-corrected chi connectivity index (χ2v) is 7.42. The number of likely N-dealkylation sites (tertiary alicyclic amines) is 1. The Labute approximate surface area is 160 Å². The Morgan fingerprint density at radius 3 is 2.86 bits per heavy atom. The first-order valence-corrected chi connectivity index (χ1v) is 9.19. The molecule has 3 N–H and O–H groups in total. The highest BCUT2D eigenvalue weighted by atomic mass is 16.2. The molecule has 2 bridgehead atoms. The van der Waals surface area contributed by atoms with E-state index in [1.165, 1.54) is 12.7 Å². The maximum atomic E-state index is 12.8. The minimum atomic E-state index is -0.0530. The molecular weight excluding hydrogens is 358 g/mol. The normalized spacial score (nSPS) is 20.6. The lowest BCUT2D eigenvalue weighted by atomic mass is 9.82. The number of carbonyl (C=O) groups is 1. The molecule has 3 aromatic heterocycles.